The van der Waals surface area contributed by atoms with Gasteiger partial charge in [0.25, 0.3) is 0 Å². The number of hydrogen-bond acceptors (Lipinski definition) is 3. The van der Waals surface area contributed by atoms with Crippen molar-refractivity contribution in [1.29, 1.82) is 0 Å². The number of rotatable bonds is 9. The lowest BCUT2D eigenvalue weighted by Crippen LogP contribution is -2.13. The van der Waals surface area contributed by atoms with Gasteiger partial charge in [0.1, 0.15) is 6.61 Å². The topological polar surface area (TPSA) is 30.5 Å². The molecule has 0 radical (unpaired) electrons. The Balaban J connectivity index is 1.67. The summed E-state index contributed by atoms with van der Waals surface area (Å²) in [7, 11) is 0. The van der Waals surface area contributed by atoms with Crippen molar-refractivity contribution in [3.05, 3.63) is 92.4 Å². The fraction of sp³-hybridized carbons (Fsp3) is 0.250. The van der Waals surface area contributed by atoms with Crippen LogP contribution >= 0.6 is 27.5 Å². The summed E-state index contributed by atoms with van der Waals surface area (Å²) in [5.74, 6) is 1.45. The molecule has 0 heterocycles. The van der Waals surface area contributed by atoms with Crippen LogP contribution in [-0.2, 0) is 19.7 Å². The second kappa shape index (κ2) is 10.7. The third-order valence-electron chi connectivity index (χ3n) is 4.46. The van der Waals surface area contributed by atoms with E-state index in [0.717, 1.165) is 34.4 Å². The molecule has 0 aliphatic rings. The number of benzene rings is 3. The highest BCUT2D eigenvalue weighted by atomic mass is 79.9. The molecule has 0 saturated heterocycles. The molecular formula is C24H25BrClNO2. The van der Waals surface area contributed by atoms with Gasteiger partial charge >= 0.3 is 0 Å². The highest BCUT2D eigenvalue weighted by molar-refractivity contribution is 9.10. The van der Waals surface area contributed by atoms with Crippen LogP contribution in [0.1, 0.15) is 29.2 Å². The fourth-order valence-electron chi connectivity index (χ4n) is 2.93. The average Bonchev–Trinajstić information content (AvgIpc) is 2.70. The average molecular weight is 475 g/mol. The molecular weight excluding hydrogens is 450 g/mol. The first-order valence-corrected chi connectivity index (χ1v) is 10.8. The molecule has 0 unspecified atom stereocenters. The van der Waals surface area contributed by atoms with E-state index in [-0.39, 0.29) is 0 Å². The highest BCUT2D eigenvalue weighted by Crippen LogP contribution is 2.34. The summed E-state index contributed by atoms with van der Waals surface area (Å²) >= 11 is 9.73. The van der Waals surface area contributed by atoms with E-state index in [4.69, 9.17) is 21.1 Å². The summed E-state index contributed by atoms with van der Waals surface area (Å²) in [6.45, 7) is 6.61. The van der Waals surface area contributed by atoms with Crippen LogP contribution in [0, 0.1) is 6.92 Å². The smallest absolute Gasteiger partial charge is 0.162 e. The SMILES string of the molecule is CCOc1cc(CNCc2ccc(C)cc2)c(Br)cc1OCc1cccc(Cl)c1. The van der Waals surface area contributed by atoms with Gasteiger partial charge in [-0.3, -0.25) is 0 Å². The quantitative estimate of drug-likeness (QED) is 0.375. The molecule has 5 heteroatoms. The molecule has 0 spiro atoms. The van der Waals surface area contributed by atoms with E-state index in [9.17, 15) is 0 Å². The third-order valence-corrected chi connectivity index (χ3v) is 5.43. The summed E-state index contributed by atoms with van der Waals surface area (Å²) in [4.78, 5) is 0. The number of ether oxygens (including phenoxy) is 2. The summed E-state index contributed by atoms with van der Waals surface area (Å²) < 4.78 is 12.8. The maximum Gasteiger partial charge on any atom is 0.162 e. The Morgan fingerprint density at radius 3 is 2.38 bits per heavy atom. The molecule has 1 N–H and O–H groups in total. The van der Waals surface area contributed by atoms with E-state index in [2.05, 4.69) is 52.4 Å². The molecule has 0 aliphatic heterocycles. The predicted molar refractivity (Wildman–Crippen MR) is 123 cm³/mol. The third kappa shape index (κ3) is 6.49. The summed E-state index contributed by atoms with van der Waals surface area (Å²) in [6, 6.07) is 20.2. The van der Waals surface area contributed by atoms with Gasteiger partial charge in [0.15, 0.2) is 11.5 Å². The summed E-state index contributed by atoms with van der Waals surface area (Å²) in [6.07, 6.45) is 0. The van der Waals surface area contributed by atoms with E-state index >= 15 is 0 Å². The minimum absolute atomic E-state index is 0.429. The van der Waals surface area contributed by atoms with E-state index < -0.39 is 0 Å². The van der Waals surface area contributed by atoms with Crippen molar-refractivity contribution < 1.29 is 9.47 Å². The van der Waals surface area contributed by atoms with Crippen molar-refractivity contribution in [2.24, 2.45) is 0 Å². The van der Waals surface area contributed by atoms with Gasteiger partial charge in [-0.2, -0.15) is 0 Å². The molecule has 0 atom stereocenters. The molecule has 3 rings (SSSR count). The lowest BCUT2D eigenvalue weighted by Gasteiger charge is -2.16. The molecule has 3 aromatic carbocycles. The second-order valence-corrected chi connectivity index (χ2v) is 8.12. The minimum Gasteiger partial charge on any atom is -0.490 e. The van der Waals surface area contributed by atoms with Crippen LogP contribution in [0.25, 0.3) is 0 Å². The fourth-order valence-corrected chi connectivity index (χ4v) is 3.60. The van der Waals surface area contributed by atoms with Crippen molar-refractivity contribution in [1.82, 2.24) is 5.32 Å². The Kier molecular flexibility index (Phi) is 7.99. The van der Waals surface area contributed by atoms with Gasteiger partial charge in [-0.05, 0) is 54.8 Å². The molecule has 0 bridgehead atoms. The number of nitrogens with one attached hydrogen (secondary N) is 1. The monoisotopic (exact) mass is 473 g/mol. The van der Waals surface area contributed by atoms with Crippen LogP contribution in [0.2, 0.25) is 5.02 Å². The van der Waals surface area contributed by atoms with Crippen LogP contribution in [0.4, 0.5) is 0 Å². The zero-order chi connectivity index (χ0) is 20.6. The summed E-state index contributed by atoms with van der Waals surface area (Å²) in [5, 5.41) is 4.19. The lowest BCUT2D eigenvalue weighted by atomic mass is 10.1. The molecule has 0 saturated carbocycles. The van der Waals surface area contributed by atoms with Gasteiger partial charge in [-0.1, -0.05) is 69.5 Å². The first-order chi connectivity index (χ1) is 14.0. The largest absolute Gasteiger partial charge is 0.490 e. The van der Waals surface area contributed by atoms with Crippen molar-refractivity contribution in [3.8, 4) is 11.5 Å². The van der Waals surface area contributed by atoms with Gasteiger partial charge < -0.3 is 14.8 Å². The van der Waals surface area contributed by atoms with Crippen molar-refractivity contribution in [3.63, 3.8) is 0 Å². The van der Waals surface area contributed by atoms with Crippen LogP contribution in [0.5, 0.6) is 11.5 Å². The highest BCUT2D eigenvalue weighted by Gasteiger charge is 2.11. The first kappa shape index (κ1) is 21.7. The maximum absolute atomic E-state index is 6.06. The molecule has 152 valence electrons. The van der Waals surface area contributed by atoms with Gasteiger partial charge in [-0.15, -0.1) is 0 Å². The minimum atomic E-state index is 0.429. The Morgan fingerprint density at radius 2 is 1.66 bits per heavy atom. The molecule has 29 heavy (non-hydrogen) atoms. The number of hydrogen-bond donors (Lipinski definition) is 1. The lowest BCUT2D eigenvalue weighted by molar-refractivity contribution is 0.269. The standard InChI is InChI=1S/C24H25BrClNO2/c1-3-28-23-12-20(15-27-14-18-9-7-17(2)8-10-18)22(25)13-24(23)29-16-19-5-4-6-21(26)11-19/h4-13,27H,3,14-16H2,1-2H3. The first-order valence-electron chi connectivity index (χ1n) is 9.64. The predicted octanol–water partition coefficient (Wildman–Crippen LogP) is 6.68. The van der Waals surface area contributed by atoms with Crippen LogP contribution in [0.15, 0.2) is 65.1 Å². The van der Waals surface area contributed by atoms with Crippen molar-refractivity contribution in [2.45, 2.75) is 33.5 Å². The molecule has 0 aromatic heterocycles. The van der Waals surface area contributed by atoms with Gasteiger partial charge in [0.2, 0.25) is 0 Å². The van der Waals surface area contributed by atoms with E-state index in [0.29, 0.717) is 24.0 Å². The van der Waals surface area contributed by atoms with E-state index in [1.807, 2.05) is 43.3 Å². The number of halogens is 2. The normalized spacial score (nSPS) is 10.8. The Labute approximate surface area is 186 Å². The van der Waals surface area contributed by atoms with Crippen LogP contribution in [0.3, 0.4) is 0 Å². The zero-order valence-corrected chi connectivity index (χ0v) is 19.0. The summed E-state index contributed by atoms with van der Waals surface area (Å²) in [5.41, 5.74) is 4.67. The Hall–Kier alpha value is -2.01. The Bertz CT molecular complexity index is 944. The van der Waals surface area contributed by atoms with Crippen molar-refractivity contribution in [2.75, 3.05) is 6.61 Å². The molecule has 0 amide bonds. The van der Waals surface area contributed by atoms with E-state index in [1.165, 1.54) is 11.1 Å². The second-order valence-electron chi connectivity index (χ2n) is 6.83. The molecule has 0 fully saturated rings. The van der Waals surface area contributed by atoms with Crippen LogP contribution < -0.4 is 14.8 Å². The van der Waals surface area contributed by atoms with Crippen molar-refractivity contribution >= 4 is 27.5 Å². The van der Waals surface area contributed by atoms with Gasteiger partial charge in [0.05, 0.1) is 6.61 Å². The number of aryl methyl sites for hydroxylation is 1. The maximum atomic E-state index is 6.06. The van der Waals surface area contributed by atoms with E-state index in [1.54, 1.807) is 0 Å². The van der Waals surface area contributed by atoms with Crippen LogP contribution in [-0.4, -0.2) is 6.61 Å². The van der Waals surface area contributed by atoms with Gasteiger partial charge in [0, 0.05) is 22.6 Å². The molecule has 0 aliphatic carbocycles. The zero-order valence-electron chi connectivity index (χ0n) is 16.7. The molecule has 3 nitrogen and oxygen atoms in total. The Morgan fingerprint density at radius 1 is 0.897 bits per heavy atom. The van der Waals surface area contributed by atoms with Gasteiger partial charge in [-0.25, -0.2) is 0 Å². The molecule has 3 aromatic rings.